The minimum absolute atomic E-state index is 0.0368. The first kappa shape index (κ1) is 12.8. The maximum absolute atomic E-state index is 5.73. The van der Waals surface area contributed by atoms with E-state index in [9.17, 15) is 0 Å². The smallest absolute Gasteiger partial charge is 0.0679 e. The summed E-state index contributed by atoms with van der Waals surface area (Å²) in [5.41, 5.74) is 4.97. The second-order valence-electron chi connectivity index (χ2n) is 4.86. The molecule has 1 atom stereocenters. The predicted octanol–water partition coefficient (Wildman–Crippen LogP) is 1.72. The first-order chi connectivity index (χ1) is 9.78. The molecule has 0 saturated carbocycles. The topological polar surface area (TPSA) is 68.8 Å². The highest BCUT2D eigenvalue weighted by molar-refractivity contribution is 5.84. The van der Waals surface area contributed by atoms with E-state index < -0.39 is 0 Å². The molecule has 0 spiro atoms. The lowest BCUT2D eigenvalue weighted by atomic mass is 10.0. The Hall–Kier alpha value is -2.24. The number of pyridine rings is 1. The molecule has 5 heteroatoms. The van der Waals surface area contributed by atoms with Gasteiger partial charge in [0.2, 0.25) is 0 Å². The van der Waals surface area contributed by atoms with Gasteiger partial charge in [-0.2, -0.15) is 5.10 Å². The summed E-state index contributed by atoms with van der Waals surface area (Å²) in [7, 11) is 1.91. The van der Waals surface area contributed by atoms with E-state index in [1.165, 1.54) is 5.39 Å². The Kier molecular flexibility index (Phi) is 3.45. The van der Waals surface area contributed by atoms with E-state index in [4.69, 9.17) is 5.84 Å². The van der Waals surface area contributed by atoms with Gasteiger partial charge in [0, 0.05) is 24.8 Å². The van der Waals surface area contributed by atoms with Crippen LogP contribution in [0.25, 0.3) is 10.8 Å². The van der Waals surface area contributed by atoms with Crippen molar-refractivity contribution in [1.82, 2.24) is 20.2 Å². The first-order valence-corrected chi connectivity index (χ1v) is 6.55. The van der Waals surface area contributed by atoms with E-state index in [1.807, 2.05) is 43.8 Å². The van der Waals surface area contributed by atoms with Gasteiger partial charge < -0.3 is 0 Å². The van der Waals surface area contributed by atoms with Crippen LogP contribution in [0.15, 0.2) is 48.9 Å². The summed E-state index contributed by atoms with van der Waals surface area (Å²) in [5, 5.41) is 6.48. The highest BCUT2D eigenvalue weighted by Gasteiger charge is 2.15. The molecule has 3 rings (SSSR count). The molecule has 3 aromatic rings. The Morgan fingerprint density at radius 2 is 2.15 bits per heavy atom. The largest absolute Gasteiger partial charge is 0.276 e. The second-order valence-corrected chi connectivity index (χ2v) is 4.86. The van der Waals surface area contributed by atoms with Crippen molar-refractivity contribution >= 4 is 10.8 Å². The molecule has 20 heavy (non-hydrogen) atoms. The molecule has 0 aliphatic carbocycles. The van der Waals surface area contributed by atoms with Crippen LogP contribution in [-0.4, -0.2) is 14.8 Å². The zero-order valence-corrected chi connectivity index (χ0v) is 11.3. The minimum Gasteiger partial charge on any atom is -0.276 e. The number of nitrogens with one attached hydrogen (secondary N) is 1. The van der Waals surface area contributed by atoms with Crippen LogP contribution in [0.2, 0.25) is 0 Å². The van der Waals surface area contributed by atoms with Gasteiger partial charge in [-0.15, -0.1) is 0 Å². The van der Waals surface area contributed by atoms with Crippen LogP contribution in [-0.2, 0) is 13.5 Å². The third-order valence-corrected chi connectivity index (χ3v) is 3.43. The number of aryl methyl sites for hydroxylation is 1. The molecule has 0 amide bonds. The van der Waals surface area contributed by atoms with Crippen molar-refractivity contribution in [1.29, 1.82) is 0 Å². The number of hydrogen-bond donors (Lipinski definition) is 2. The first-order valence-electron chi connectivity index (χ1n) is 6.55. The third kappa shape index (κ3) is 2.41. The maximum atomic E-state index is 5.73. The molecule has 0 aliphatic heterocycles. The summed E-state index contributed by atoms with van der Waals surface area (Å²) < 4.78 is 1.79. The van der Waals surface area contributed by atoms with Gasteiger partial charge in [0.15, 0.2) is 0 Å². The molecule has 0 radical (unpaired) electrons. The standard InChI is InChI=1S/C15H17N5/c1-20-10-11(9-18-20)8-14(19-16)15-13-5-3-2-4-12(13)6-7-17-15/h2-7,9-10,14,19H,8,16H2,1H3. The number of benzene rings is 1. The lowest BCUT2D eigenvalue weighted by Crippen LogP contribution is -2.30. The van der Waals surface area contributed by atoms with Crippen LogP contribution in [0.3, 0.4) is 0 Å². The number of fused-ring (bicyclic) bond motifs is 1. The van der Waals surface area contributed by atoms with Crippen molar-refractivity contribution in [2.24, 2.45) is 12.9 Å². The van der Waals surface area contributed by atoms with Gasteiger partial charge >= 0.3 is 0 Å². The number of hydrogen-bond acceptors (Lipinski definition) is 4. The van der Waals surface area contributed by atoms with Crippen LogP contribution in [0.4, 0.5) is 0 Å². The lowest BCUT2D eigenvalue weighted by molar-refractivity contribution is 0.542. The maximum Gasteiger partial charge on any atom is 0.0679 e. The summed E-state index contributed by atoms with van der Waals surface area (Å²) in [6.07, 6.45) is 6.43. The van der Waals surface area contributed by atoms with Crippen LogP contribution in [0.5, 0.6) is 0 Å². The molecule has 2 aromatic heterocycles. The van der Waals surface area contributed by atoms with Crippen molar-refractivity contribution in [3.05, 3.63) is 60.2 Å². The highest BCUT2D eigenvalue weighted by Crippen LogP contribution is 2.24. The molecule has 2 heterocycles. The Labute approximate surface area is 117 Å². The van der Waals surface area contributed by atoms with E-state index in [2.05, 4.69) is 27.6 Å². The van der Waals surface area contributed by atoms with Gasteiger partial charge in [0.05, 0.1) is 17.9 Å². The lowest BCUT2D eigenvalue weighted by Gasteiger charge is -2.16. The Bertz CT molecular complexity index is 714. The summed E-state index contributed by atoms with van der Waals surface area (Å²) in [4.78, 5) is 4.51. The third-order valence-electron chi connectivity index (χ3n) is 3.43. The fourth-order valence-electron chi connectivity index (χ4n) is 2.47. The van der Waals surface area contributed by atoms with Crippen LogP contribution >= 0.6 is 0 Å². The Morgan fingerprint density at radius 3 is 2.90 bits per heavy atom. The number of aromatic nitrogens is 3. The molecule has 1 aromatic carbocycles. The molecular weight excluding hydrogens is 250 g/mol. The average Bonchev–Trinajstić information content (AvgIpc) is 2.89. The van der Waals surface area contributed by atoms with Crippen molar-refractivity contribution in [2.45, 2.75) is 12.5 Å². The second kappa shape index (κ2) is 5.40. The van der Waals surface area contributed by atoms with Gasteiger partial charge in [-0.1, -0.05) is 24.3 Å². The summed E-state index contributed by atoms with van der Waals surface area (Å²) in [5.74, 6) is 5.73. The quantitative estimate of drug-likeness (QED) is 0.558. The molecule has 0 aliphatic rings. The van der Waals surface area contributed by atoms with Crippen LogP contribution in [0, 0.1) is 0 Å². The molecule has 0 saturated heterocycles. The number of nitrogens with two attached hydrogens (primary N) is 1. The van der Waals surface area contributed by atoms with Crippen LogP contribution in [0.1, 0.15) is 17.3 Å². The van der Waals surface area contributed by atoms with Crippen molar-refractivity contribution in [3.8, 4) is 0 Å². The van der Waals surface area contributed by atoms with Gasteiger partial charge in [-0.25, -0.2) is 0 Å². The number of nitrogens with zero attached hydrogens (tertiary/aromatic N) is 3. The fraction of sp³-hybridized carbons (Fsp3) is 0.200. The molecule has 0 bridgehead atoms. The number of rotatable bonds is 4. The zero-order valence-electron chi connectivity index (χ0n) is 11.3. The summed E-state index contributed by atoms with van der Waals surface area (Å²) >= 11 is 0. The monoisotopic (exact) mass is 267 g/mol. The average molecular weight is 267 g/mol. The van der Waals surface area contributed by atoms with Gasteiger partial charge in [-0.05, 0) is 23.4 Å². The SMILES string of the molecule is Cn1cc(CC(NN)c2nccc3ccccc23)cn1. The van der Waals surface area contributed by atoms with E-state index in [1.54, 1.807) is 4.68 Å². The Morgan fingerprint density at radius 1 is 1.30 bits per heavy atom. The summed E-state index contributed by atoms with van der Waals surface area (Å²) in [6, 6.07) is 10.2. The molecular formula is C15H17N5. The van der Waals surface area contributed by atoms with E-state index >= 15 is 0 Å². The molecule has 0 fully saturated rings. The summed E-state index contributed by atoms with van der Waals surface area (Å²) in [6.45, 7) is 0. The van der Waals surface area contributed by atoms with Gasteiger partial charge in [0.1, 0.15) is 0 Å². The minimum atomic E-state index is -0.0368. The number of hydrazine groups is 1. The highest BCUT2D eigenvalue weighted by atomic mass is 15.2. The predicted molar refractivity (Wildman–Crippen MR) is 78.7 cm³/mol. The van der Waals surface area contributed by atoms with Gasteiger partial charge in [-0.3, -0.25) is 20.9 Å². The molecule has 1 unspecified atom stereocenters. The Balaban J connectivity index is 1.98. The van der Waals surface area contributed by atoms with Crippen molar-refractivity contribution in [2.75, 3.05) is 0 Å². The zero-order chi connectivity index (χ0) is 13.9. The molecule has 5 nitrogen and oxygen atoms in total. The van der Waals surface area contributed by atoms with Gasteiger partial charge in [0.25, 0.3) is 0 Å². The van der Waals surface area contributed by atoms with E-state index in [0.29, 0.717) is 0 Å². The fourth-order valence-corrected chi connectivity index (χ4v) is 2.47. The normalized spacial score (nSPS) is 12.7. The van der Waals surface area contributed by atoms with Crippen LogP contribution < -0.4 is 11.3 Å². The molecule has 102 valence electrons. The van der Waals surface area contributed by atoms with E-state index in [-0.39, 0.29) is 6.04 Å². The van der Waals surface area contributed by atoms with Crippen molar-refractivity contribution < 1.29 is 0 Å². The van der Waals surface area contributed by atoms with E-state index in [0.717, 1.165) is 23.1 Å². The molecule has 3 N–H and O–H groups in total. The van der Waals surface area contributed by atoms with Crippen molar-refractivity contribution in [3.63, 3.8) is 0 Å².